The quantitative estimate of drug-likeness (QED) is 0.530. The second-order valence-electron chi connectivity index (χ2n) is 4.82. The molecule has 0 saturated carbocycles. The topological polar surface area (TPSA) is 88.1 Å². The summed E-state index contributed by atoms with van der Waals surface area (Å²) in [6, 6.07) is 0. The van der Waals surface area contributed by atoms with Crippen LogP contribution in [0.1, 0.15) is 34.1 Å². The molecule has 0 aromatic carbocycles. The van der Waals surface area contributed by atoms with Crippen LogP contribution >= 0.6 is 11.8 Å². The molecule has 22 heavy (non-hydrogen) atoms. The van der Waals surface area contributed by atoms with Crippen LogP contribution in [0.3, 0.4) is 0 Å². The minimum absolute atomic E-state index is 0.0637. The maximum atomic E-state index is 11.3. The number of ether oxygens (including phenoxy) is 4. The molecule has 0 unspecified atom stereocenters. The molecule has 0 aromatic heterocycles. The highest BCUT2D eigenvalue weighted by atomic mass is 32.2. The van der Waals surface area contributed by atoms with E-state index in [1.165, 1.54) is 20.8 Å². The molecule has 126 valence electrons. The summed E-state index contributed by atoms with van der Waals surface area (Å²) in [6.07, 6.45) is -1.68. The normalized spacial score (nSPS) is 27.8. The van der Waals surface area contributed by atoms with Gasteiger partial charge < -0.3 is 18.9 Å². The number of hydrogen-bond acceptors (Lipinski definition) is 8. The molecule has 1 aliphatic heterocycles. The predicted octanol–water partition coefficient (Wildman–Crippen LogP) is 1.28. The SMILES string of the molecule is CCS[C@@H]1C[C@@H](OC(C)=O)[C@@H](OC(C)=O)[C@@H](COC(C)=O)O1. The van der Waals surface area contributed by atoms with Gasteiger partial charge in [0.15, 0.2) is 6.10 Å². The molecule has 0 spiro atoms. The van der Waals surface area contributed by atoms with Gasteiger partial charge in [-0.1, -0.05) is 6.92 Å². The molecule has 1 aliphatic rings. The number of thioether (sulfide) groups is 1. The highest BCUT2D eigenvalue weighted by Crippen LogP contribution is 2.31. The van der Waals surface area contributed by atoms with Gasteiger partial charge in [0.25, 0.3) is 0 Å². The van der Waals surface area contributed by atoms with Crippen molar-refractivity contribution < 1.29 is 33.3 Å². The van der Waals surface area contributed by atoms with Crippen molar-refractivity contribution in [2.45, 2.75) is 57.9 Å². The van der Waals surface area contributed by atoms with Gasteiger partial charge in [0.2, 0.25) is 0 Å². The summed E-state index contributed by atoms with van der Waals surface area (Å²) in [5.74, 6) is -0.620. The lowest BCUT2D eigenvalue weighted by molar-refractivity contribution is -0.204. The van der Waals surface area contributed by atoms with Crippen molar-refractivity contribution >= 4 is 29.7 Å². The number of rotatable bonds is 6. The van der Waals surface area contributed by atoms with Crippen molar-refractivity contribution in [3.05, 3.63) is 0 Å². The molecular formula is C14H22O7S. The van der Waals surface area contributed by atoms with Crippen molar-refractivity contribution in [2.75, 3.05) is 12.4 Å². The molecule has 1 rings (SSSR count). The lowest BCUT2D eigenvalue weighted by Crippen LogP contribution is -2.53. The Morgan fingerprint density at radius 3 is 2.23 bits per heavy atom. The van der Waals surface area contributed by atoms with Crippen LogP contribution in [0.2, 0.25) is 0 Å². The van der Waals surface area contributed by atoms with E-state index in [0.29, 0.717) is 6.42 Å². The average molecular weight is 334 g/mol. The van der Waals surface area contributed by atoms with E-state index in [9.17, 15) is 14.4 Å². The number of carbonyl (C=O) groups excluding carboxylic acids is 3. The van der Waals surface area contributed by atoms with E-state index in [-0.39, 0.29) is 12.0 Å². The molecule has 0 bridgehead atoms. The number of carbonyl (C=O) groups is 3. The molecular weight excluding hydrogens is 312 g/mol. The maximum Gasteiger partial charge on any atom is 0.303 e. The molecule has 0 N–H and O–H groups in total. The van der Waals surface area contributed by atoms with E-state index in [2.05, 4.69) is 0 Å². The molecule has 1 fully saturated rings. The number of esters is 3. The zero-order valence-corrected chi connectivity index (χ0v) is 14.0. The van der Waals surface area contributed by atoms with E-state index >= 15 is 0 Å². The van der Waals surface area contributed by atoms with Gasteiger partial charge in [-0.05, 0) is 5.75 Å². The fourth-order valence-electron chi connectivity index (χ4n) is 2.19. The second-order valence-corrected chi connectivity index (χ2v) is 6.26. The summed E-state index contributed by atoms with van der Waals surface area (Å²) in [4.78, 5) is 33.6. The Labute approximate surface area is 134 Å². The lowest BCUT2D eigenvalue weighted by atomic mass is 10.0. The molecule has 1 heterocycles. The van der Waals surface area contributed by atoms with Crippen LogP contribution in [0.5, 0.6) is 0 Å². The van der Waals surface area contributed by atoms with Crippen LogP contribution in [0.4, 0.5) is 0 Å². The van der Waals surface area contributed by atoms with Gasteiger partial charge in [-0.15, -0.1) is 11.8 Å². The van der Waals surface area contributed by atoms with Gasteiger partial charge in [0, 0.05) is 27.2 Å². The monoisotopic (exact) mass is 334 g/mol. The Balaban J connectivity index is 2.89. The standard InChI is InChI=1S/C14H22O7S/c1-5-22-13-6-11(19-9(3)16)14(20-10(4)17)12(21-13)7-18-8(2)15/h11-14H,5-7H2,1-4H3/t11-,12-,13-,14-/m1/s1. The smallest absolute Gasteiger partial charge is 0.303 e. The summed E-state index contributed by atoms with van der Waals surface area (Å²) < 4.78 is 21.3. The van der Waals surface area contributed by atoms with Gasteiger partial charge >= 0.3 is 17.9 Å². The van der Waals surface area contributed by atoms with Gasteiger partial charge in [0.1, 0.15) is 24.3 Å². The maximum absolute atomic E-state index is 11.3. The summed E-state index contributed by atoms with van der Waals surface area (Å²) in [7, 11) is 0. The Hall–Kier alpha value is -1.28. The highest BCUT2D eigenvalue weighted by molar-refractivity contribution is 7.99. The fraction of sp³-hybridized carbons (Fsp3) is 0.786. The van der Waals surface area contributed by atoms with Crippen molar-refractivity contribution in [2.24, 2.45) is 0 Å². The predicted molar refractivity (Wildman–Crippen MR) is 79.2 cm³/mol. The van der Waals surface area contributed by atoms with E-state index in [1.807, 2.05) is 6.92 Å². The van der Waals surface area contributed by atoms with E-state index in [0.717, 1.165) is 5.75 Å². The van der Waals surface area contributed by atoms with Crippen LogP contribution in [0.15, 0.2) is 0 Å². The molecule has 0 aliphatic carbocycles. The van der Waals surface area contributed by atoms with Gasteiger partial charge in [-0.3, -0.25) is 14.4 Å². The molecule has 7 nitrogen and oxygen atoms in total. The Morgan fingerprint density at radius 2 is 1.73 bits per heavy atom. The van der Waals surface area contributed by atoms with E-state index in [1.54, 1.807) is 11.8 Å². The number of hydrogen-bond donors (Lipinski definition) is 0. The average Bonchev–Trinajstić information content (AvgIpc) is 2.38. The molecule has 0 amide bonds. The Kier molecular flexibility index (Phi) is 7.67. The Bertz CT molecular complexity index is 412. The molecule has 0 aromatic rings. The third-order valence-corrected chi connectivity index (χ3v) is 3.92. The first-order chi connectivity index (χ1) is 10.3. The molecule has 1 saturated heterocycles. The van der Waals surface area contributed by atoms with Crippen LogP contribution in [-0.2, 0) is 33.3 Å². The summed E-state index contributed by atoms with van der Waals surface area (Å²) >= 11 is 1.55. The lowest BCUT2D eigenvalue weighted by Gasteiger charge is -2.39. The van der Waals surface area contributed by atoms with E-state index in [4.69, 9.17) is 18.9 Å². The first-order valence-electron chi connectivity index (χ1n) is 7.08. The largest absolute Gasteiger partial charge is 0.463 e. The second kappa shape index (κ2) is 8.99. The van der Waals surface area contributed by atoms with Gasteiger partial charge in [-0.25, -0.2) is 0 Å². The molecule has 8 heteroatoms. The minimum Gasteiger partial charge on any atom is -0.463 e. The molecule has 0 radical (unpaired) electrons. The van der Waals surface area contributed by atoms with Crippen molar-refractivity contribution in [1.82, 2.24) is 0 Å². The van der Waals surface area contributed by atoms with Gasteiger partial charge in [-0.2, -0.15) is 0 Å². The zero-order valence-electron chi connectivity index (χ0n) is 13.2. The fourth-order valence-corrected chi connectivity index (χ4v) is 3.11. The highest BCUT2D eigenvalue weighted by Gasteiger charge is 2.43. The van der Waals surface area contributed by atoms with E-state index < -0.39 is 36.2 Å². The third-order valence-electron chi connectivity index (χ3n) is 2.91. The summed E-state index contributed by atoms with van der Waals surface area (Å²) in [5.41, 5.74) is -0.221. The molecule has 4 atom stereocenters. The van der Waals surface area contributed by atoms with Crippen LogP contribution < -0.4 is 0 Å². The van der Waals surface area contributed by atoms with Gasteiger partial charge in [0.05, 0.1) is 0 Å². The van der Waals surface area contributed by atoms with Crippen LogP contribution in [0.25, 0.3) is 0 Å². The van der Waals surface area contributed by atoms with Crippen LogP contribution in [0, 0.1) is 0 Å². The Morgan fingerprint density at radius 1 is 1.09 bits per heavy atom. The first-order valence-corrected chi connectivity index (χ1v) is 8.13. The van der Waals surface area contributed by atoms with Crippen molar-refractivity contribution in [3.8, 4) is 0 Å². The van der Waals surface area contributed by atoms with Crippen molar-refractivity contribution in [3.63, 3.8) is 0 Å². The summed E-state index contributed by atoms with van der Waals surface area (Å²) in [5, 5.41) is 0. The third kappa shape index (κ3) is 6.23. The van der Waals surface area contributed by atoms with Crippen LogP contribution in [-0.4, -0.2) is 54.0 Å². The van der Waals surface area contributed by atoms with Crippen molar-refractivity contribution in [1.29, 1.82) is 0 Å². The zero-order chi connectivity index (χ0) is 16.7. The summed E-state index contributed by atoms with van der Waals surface area (Å²) in [6.45, 7) is 5.76. The minimum atomic E-state index is -0.797. The first kappa shape index (κ1) is 18.8.